The lowest BCUT2D eigenvalue weighted by Gasteiger charge is -2.13. The normalized spacial score (nSPS) is 11.9. The van der Waals surface area contributed by atoms with Crippen molar-refractivity contribution in [3.8, 4) is 0 Å². The molecule has 2 aromatic rings. The highest BCUT2D eigenvalue weighted by atomic mass is 19.1. The van der Waals surface area contributed by atoms with Gasteiger partial charge in [0.1, 0.15) is 11.6 Å². The van der Waals surface area contributed by atoms with Gasteiger partial charge in [0.05, 0.1) is 12.2 Å². The van der Waals surface area contributed by atoms with Crippen LogP contribution >= 0.6 is 0 Å². The SMILES string of the molecule is O=C(CCc1ccco1)NCC(C(=O)O)c1ccc(F)cc1. The lowest BCUT2D eigenvalue weighted by Crippen LogP contribution is -2.31. The molecule has 0 aliphatic rings. The number of benzene rings is 1. The standard InChI is InChI=1S/C16H16FNO4/c17-12-5-3-11(4-6-12)14(16(20)21)10-18-15(19)8-7-13-2-1-9-22-13/h1-6,9,14H,7-8,10H2,(H,18,19)(H,20,21). The van der Waals surface area contributed by atoms with Crippen LogP contribution in [0.2, 0.25) is 0 Å². The molecule has 0 aliphatic heterocycles. The maximum absolute atomic E-state index is 12.9. The van der Waals surface area contributed by atoms with Crippen LogP contribution in [-0.4, -0.2) is 23.5 Å². The van der Waals surface area contributed by atoms with Gasteiger partial charge in [-0.05, 0) is 29.8 Å². The van der Waals surface area contributed by atoms with Gasteiger partial charge in [-0.2, -0.15) is 0 Å². The van der Waals surface area contributed by atoms with E-state index >= 15 is 0 Å². The van der Waals surface area contributed by atoms with Crippen molar-refractivity contribution in [2.45, 2.75) is 18.8 Å². The van der Waals surface area contributed by atoms with E-state index in [9.17, 15) is 19.1 Å². The molecule has 0 radical (unpaired) electrons. The minimum Gasteiger partial charge on any atom is -0.481 e. The Morgan fingerprint density at radius 3 is 2.55 bits per heavy atom. The first-order chi connectivity index (χ1) is 10.6. The van der Waals surface area contributed by atoms with Crippen molar-refractivity contribution < 1.29 is 23.5 Å². The van der Waals surface area contributed by atoms with E-state index in [1.54, 1.807) is 12.1 Å². The molecule has 1 heterocycles. The van der Waals surface area contributed by atoms with Crippen molar-refractivity contribution in [2.75, 3.05) is 6.54 Å². The Balaban J connectivity index is 1.87. The van der Waals surface area contributed by atoms with Crippen LogP contribution in [0.4, 0.5) is 4.39 Å². The van der Waals surface area contributed by atoms with Gasteiger partial charge < -0.3 is 14.8 Å². The first kappa shape index (κ1) is 15.8. The van der Waals surface area contributed by atoms with Crippen LogP contribution in [0.5, 0.6) is 0 Å². The summed E-state index contributed by atoms with van der Waals surface area (Å²) in [5.41, 5.74) is 0.445. The molecule has 0 aliphatic carbocycles. The zero-order valence-corrected chi connectivity index (χ0v) is 11.8. The van der Waals surface area contributed by atoms with E-state index in [-0.39, 0.29) is 18.9 Å². The average Bonchev–Trinajstić information content (AvgIpc) is 3.00. The van der Waals surface area contributed by atoms with Gasteiger partial charge in [-0.15, -0.1) is 0 Å². The quantitative estimate of drug-likeness (QED) is 0.823. The average molecular weight is 305 g/mol. The Labute approximate surface area is 126 Å². The number of aryl methyl sites for hydroxylation is 1. The lowest BCUT2D eigenvalue weighted by atomic mass is 9.99. The summed E-state index contributed by atoms with van der Waals surface area (Å²) in [7, 11) is 0. The van der Waals surface area contributed by atoms with E-state index in [0.717, 1.165) is 0 Å². The Morgan fingerprint density at radius 2 is 1.95 bits per heavy atom. The summed E-state index contributed by atoms with van der Waals surface area (Å²) in [6.07, 6.45) is 2.19. The van der Waals surface area contributed by atoms with Gasteiger partial charge in [0.25, 0.3) is 0 Å². The molecule has 0 saturated carbocycles. The first-order valence-electron chi connectivity index (χ1n) is 6.83. The maximum Gasteiger partial charge on any atom is 0.312 e. The number of carbonyl (C=O) groups is 2. The third kappa shape index (κ3) is 4.44. The highest BCUT2D eigenvalue weighted by molar-refractivity contribution is 5.79. The molecule has 1 aromatic heterocycles. The third-order valence-electron chi connectivity index (χ3n) is 3.25. The number of nitrogens with one attached hydrogen (secondary N) is 1. The van der Waals surface area contributed by atoms with Crippen LogP contribution in [0.15, 0.2) is 47.1 Å². The molecule has 22 heavy (non-hydrogen) atoms. The second-order valence-corrected chi connectivity index (χ2v) is 4.83. The molecule has 2 N–H and O–H groups in total. The topological polar surface area (TPSA) is 79.5 Å². The molecule has 0 saturated heterocycles. The monoisotopic (exact) mass is 305 g/mol. The smallest absolute Gasteiger partial charge is 0.312 e. The highest BCUT2D eigenvalue weighted by Crippen LogP contribution is 2.16. The van der Waals surface area contributed by atoms with Gasteiger partial charge in [-0.3, -0.25) is 9.59 Å². The van der Waals surface area contributed by atoms with Gasteiger partial charge in [0, 0.05) is 19.4 Å². The number of carbonyl (C=O) groups excluding carboxylic acids is 1. The highest BCUT2D eigenvalue weighted by Gasteiger charge is 2.20. The summed E-state index contributed by atoms with van der Waals surface area (Å²) in [6.45, 7) is -0.0437. The maximum atomic E-state index is 12.9. The van der Waals surface area contributed by atoms with Crippen LogP contribution < -0.4 is 5.32 Å². The van der Waals surface area contributed by atoms with E-state index in [4.69, 9.17) is 4.42 Å². The van der Waals surface area contributed by atoms with E-state index < -0.39 is 17.7 Å². The van der Waals surface area contributed by atoms with Gasteiger partial charge >= 0.3 is 5.97 Å². The molecular formula is C16H16FNO4. The first-order valence-corrected chi connectivity index (χ1v) is 6.83. The molecule has 0 spiro atoms. The summed E-state index contributed by atoms with van der Waals surface area (Å²) >= 11 is 0. The Morgan fingerprint density at radius 1 is 1.23 bits per heavy atom. The Kier molecular flexibility index (Phi) is 5.30. The number of hydrogen-bond donors (Lipinski definition) is 2. The summed E-state index contributed by atoms with van der Waals surface area (Å²) < 4.78 is 18.0. The number of carboxylic acids is 1. The molecule has 1 unspecified atom stereocenters. The van der Waals surface area contributed by atoms with Gasteiger partial charge in [0.2, 0.25) is 5.91 Å². The van der Waals surface area contributed by atoms with E-state index in [2.05, 4.69) is 5.32 Å². The number of halogens is 1. The van der Waals surface area contributed by atoms with Crippen molar-refractivity contribution in [3.05, 3.63) is 59.8 Å². The van der Waals surface area contributed by atoms with Crippen LogP contribution in [0.25, 0.3) is 0 Å². The van der Waals surface area contributed by atoms with Crippen LogP contribution in [0.3, 0.4) is 0 Å². The third-order valence-corrected chi connectivity index (χ3v) is 3.25. The van der Waals surface area contributed by atoms with Gasteiger partial charge in [-0.25, -0.2) is 4.39 Å². The summed E-state index contributed by atoms with van der Waals surface area (Å²) in [5.74, 6) is -1.98. The molecule has 1 aromatic carbocycles. The molecule has 2 rings (SSSR count). The lowest BCUT2D eigenvalue weighted by molar-refractivity contribution is -0.138. The second-order valence-electron chi connectivity index (χ2n) is 4.83. The fourth-order valence-corrected chi connectivity index (χ4v) is 2.04. The number of carboxylic acid groups (broad SMARTS) is 1. The molecule has 0 bridgehead atoms. The Hall–Kier alpha value is -2.63. The summed E-state index contributed by atoms with van der Waals surface area (Å²) in [6, 6.07) is 8.72. The summed E-state index contributed by atoms with van der Waals surface area (Å²) in [4.78, 5) is 23.0. The van der Waals surface area contributed by atoms with Crippen LogP contribution in [-0.2, 0) is 16.0 Å². The van der Waals surface area contributed by atoms with Crippen LogP contribution in [0, 0.1) is 5.82 Å². The zero-order valence-electron chi connectivity index (χ0n) is 11.8. The van der Waals surface area contributed by atoms with E-state index in [0.29, 0.717) is 17.7 Å². The molecule has 1 atom stereocenters. The largest absolute Gasteiger partial charge is 0.481 e. The van der Waals surface area contributed by atoms with Gasteiger partial charge in [-0.1, -0.05) is 12.1 Å². The minimum atomic E-state index is -1.07. The molecule has 0 fully saturated rings. The van der Waals surface area contributed by atoms with E-state index in [1.165, 1.54) is 30.5 Å². The predicted octanol–water partition coefficient (Wildman–Crippen LogP) is 2.34. The van der Waals surface area contributed by atoms with Gasteiger partial charge in [0.15, 0.2) is 0 Å². The Bertz CT molecular complexity index is 622. The zero-order chi connectivity index (χ0) is 15.9. The molecule has 5 nitrogen and oxygen atoms in total. The minimum absolute atomic E-state index is 0.0437. The number of hydrogen-bond acceptors (Lipinski definition) is 3. The molecule has 1 amide bonds. The van der Waals surface area contributed by atoms with Crippen molar-refractivity contribution in [3.63, 3.8) is 0 Å². The molecular weight excluding hydrogens is 289 g/mol. The number of rotatable bonds is 7. The predicted molar refractivity (Wildman–Crippen MR) is 76.8 cm³/mol. The number of furan rings is 1. The molecule has 6 heteroatoms. The second kappa shape index (κ2) is 7.40. The number of amides is 1. The van der Waals surface area contributed by atoms with Crippen molar-refractivity contribution in [1.82, 2.24) is 5.32 Å². The fraction of sp³-hybridized carbons (Fsp3) is 0.250. The summed E-state index contributed by atoms with van der Waals surface area (Å²) in [5, 5.41) is 11.8. The van der Waals surface area contributed by atoms with Crippen LogP contribution in [0.1, 0.15) is 23.7 Å². The fourth-order valence-electron chi connectivity index (χ4n) is 2.04. The van der Waals surface area contributed by atoms with Crippen molar-refractivity contribution >= 4 is 11.9 Å². The van der Waals surface area contributed by atoms with E-state index in [1.807, 2.05) is 0 Å². The van der Waals surface area contributed by atoms with Crippen molar-refractivity contribution in [2.24, 2.45) is 0 Å². The molecule has 116 valence electrons. The van der Waals surface area contributed by atoms with Crippen molar-refractivity contribution in [1.29, 1.82) is 0 Å². The number of aliphatic carboxylic acids is 1.